The molecule has 1 aromatic rings. The second-order valence-corrected chi connectivity index (χ2v) is 4.31. The second kappa shape index (κ2) is 3.76. The minimum absolute atomic E-state index is 0.479. The Balaban J connectivity index is 2.25. The molecule has 3 heteroatoms. The van der Waals surface area contributed by atoms with Gasteiger partial charge in [0.05, 0.1) is 11.4 Å². The first-order valence-corrected chi connectivity index (χ1v) is 5.43. The van der Waals surface area contributed by atoms with Gasteiger partial charge < -0.3 is 5.32 Å². The second-order valence-electron chi connectivity index (χ2n) is 3.45. The molecule has 1 N–H and O–H groups in total. The molecule has 0 saturated carbocycles. The number of aryl methyl sites for hydroxylation is 1. The Labute approximate surface area is 86.9 Å². The highest BCUT2D eigenvalue weighted by atomic mass is 79.9. The molecule has 0 unspecified atom stereocenters. The van der Waals surface area contributed by atoms with Crippen LogP contribution >= 0.6 is 15.9 Å². The summed E-state index contributed by atoms with van der Waals surface area (Å²) < 4.78 is 1.09. The van der Waals surface area contributed by atoms with Crippen LogP contribution in [0.1, 0.15) is 30.3 Å². The molecule has 0 radical (unpaired) electrons. The standard InChI is InChI=1S/C10H13BrN2/c1-7-8(11)4-5-10(13-7)9-3-2-6-12-9/h4-5,9,12H,2-3,6H2,1H3/t9-/m0/s1. The largest absolute Gasteiger partial charge is 0.309 e. The van der Waals surface area contributed by atoms with Gasteiger partial charge in [-0.25, -0.2) is 0 Å². The van der Waals surface area contributed by atoms with Gasteiger partial charge in [-0.05, 0) is 54.4 Å². The lowest BCUT2D eigenvalue weighted by molar-refractivity contribution is 0.625. The molecular weight excluding hydrogens is 228 g/mol. The van der Waals surface area contributed by atoms with Gasteiger partial charge in [-0.15, -0.1) is 0 Å². The molecule has 0 spiro atoms. The van der Waals surface area contributed by atoms with Crippen LogP contribution in [0.15, 0.2) is 16.6 Å². The number of hydrogen-bond acceptors (Lipinski definition) is 2. The molecule has 1 aliphatic rings. The van der Waals surface area contributed by atoms with E-state index in [0.717, 1.165) is 16.7 Å². The molecule has 1 aliphatic heterocycles. The van der Waals surface area contributed by atoms with Crippen LogP contribution in [0.5, 0.6) is 0 Å². The normalized spacial score (nSPS) is 22.2. The van der Waals surface area contributed by atoms with E-state index < -0.39 is 0 Å². The maximum absolute atomic E-state index is 4.55. The van der Waals surface area contributed by atoms with Crippen LogP contribution in [-0.4, -0.2) is 11.5 Å². The first-order valence-electron chi connectivity index (χ1n) is 4.64. The molecule has 0 aromatic carbocycles. The van der Waals surface area contributed by atoms with Crippen molar-refractivity contribution < 1.29 is 0 Å². The van der Waals surface area contributed by atoms with Crippen molar-refractivity contribution in [3.8, 4) is 0 Å². The van der Waals surface area contributed by atoms with E-state index in [-0.39, 0.29) is 0 Å². The molecule has 1 atom stereocenters. The lowest BCUT2D eigenvalue weighted by Gasteiger charge is -2.10. The summed E-state index contributed by atoms with van der Waals surface area (Å²) in [5.41, 5.74) is 2.25. The van der Waals surface area contributed by atoms with E-state index in [1.54, 1.807) is 0 Å². The average Bonchev–Trinajstić information content (AvgIpc) is 2.62. The molecule has 0 aliphatic carbocycles. The zero-order valence-corrected chi connectivity index (χ0v) is 9.26. The van der Waals surface area contributed by atoms with Gasteiger partial charge in [-0.1, -0.05) is 0 Å². The predicted molar refractivity (Wildman–Crippen MR) is 56.7 cm³/mol. The highest BCUT2D eigenvalue weighted by molar-refractivity contribution is 9.10. The fourth-order valence-corrected chi connectivity index (χ4v) is 1.92. The van der Waals surface area contributed by atoms with E-state index in [1.807, 2.05) is 6.92 Å². The fourth-order valence-electron chi connectivity index (χ4n) is 1.69. The van der Waals surface area contributed by atoms with E-state index in [9.17, 15) is 0 Å². The van der Waals surface area contributed by atoms with Crippen LogP contribution in [0.3, 0.4) is 0 Å². The van der Waals surface area contributed by atoms with E-state index >= 15 is 0 Å². The molecule has 0 amide bonds. The summed E-state index contributed by atoms with van der Waals surface area (Å²) in [6.45, 7) is 3.16. The molecule has 1 fully saturated rings. The highest BCUT2D eigenvalue weighted by Crippen LogP contribution is 2.23. The number of nitrogens with zero attached hydrogens (tertiary/aromatic N) is 1. The Kier molecular flexibility index (Phi) is 2.65. The van der Waals surface area contributed by atoms with Gasteiger partial charge in [-0.3, -0.25) is 4.98 Å². The number of halogens is 1. The summed E-state index contributed by atoms with van der Waals surface area (Å²) in [5, 5.41) is 3.44. The monoisotopic (exact) mass is 240 g/mol. The zero-order valence-electron chi connectivity index (χ0n) is 7.68. The Morgan fingerprint density at radius 3 is 3.00 bits per heavy atom. The third-order valence-electron chi connectivity index (χ3n) is 2.46. The molecule has 1 saturated heterocycles. The van der Waals surface area contributed by atoms with E-state index in [1.165, 1.54) is 18.5 Å². The first kappa shape index (κ1) is 9.16. The van der Waals surface area contributed by atoms with Gasteiger partial charge in [0.2, 0.25) is 0 Å². The van der Waals surface area contributed by atoms with Gasteiger partial charge in [0.1, 0.15) is 0 Å². The Bertz CT molecular complexity index is 306. The third kappa shape index (κ3) is 1.92. The van der Waals surface area contributed by atoms with E-state index in [0.29, 0.717) is 6.04 Å². The van der Waals surface area contributed by atoms with Crippen molar-refractivity contribution in [1.82, 2.24) is 10.3 Å². The first-order chi connectivity index (χ1) is 6.27. The van der Waals surface area contributed by atoms with Crippen molar-refractivity contribution >= 4 is 15.9 Å². The van der Waals surface area contributed by atoms with Gasteiger partial charge in [0.15, 0.2) is 0 Å². The average molecular weight is 241 g/mol. The molecule has 1 aromatic heterocycles. The number of pyridine rings is 1. The summed E-state index contributed by atoms with van der Waals surface area (Å²) in [6, 6.07) is 4.66. The summed E-state index contributed by atoms with van der Waals surface area (Å²) in [6.07, 6.45) is 2.48. The van der Waals surface area contributed by atoms with E-state index in [2.05, 4.69) is 38.4 Å². The molecular formula is C10H13BrN2. The minimum atomic E-state index is 0.479. The topological polar surface area (TPSA) is 24.9 Å². The van der Waals surface area contributed by atoms with Gasteiger partial charge in [0, 0.05) is 10.5 Å². The highest BCUT2D eigenvalue weighted by Gasteiger charge is 2.17. The summed E-state index contributed by atoms with van der Waals surface area (Å²) >= 11 is 3.46. The maximum atomic E-state index is 4.55. The molecule has 2 nitrogen and oxygen atoms in total. The number of rotatable bonds is 1. The van der Waals surface area contributed by atoms with Crippen LogP contribution < -0.4 is 5.32 Å². The van der Waals surface area contributed by atoms with Crippen molar-refractivity contribution in [2.75, 3.05) is 6.54 Å². The van der Waals surface area contributed by atoms with Gasteiger partial charge >= 0.3 is 0 Å². The Morgan fingerprint density at radius 2 is 2.38 bits per heavy atom. The van der Waals surface area contributed by atoms with Gasteiger partial charge in [0.25, 0.3) is 0 Å². The van der Waals surface area contributed by atoms with Crippen LogP contribution in [0.25, 0.3) is 0 Å². The maximum Gasteiger partial charge on any atom is 0.0577 e. The van der Waals surface area contributed by atoms with Crippen LogP contribution in [0.2, 0.25) is 0 Å². The van der Waals surface area contributed by atoms with Crippen LogP contribution in [0, 0.1) is 6.92 Å². The molecule has 2 heterocycles. The van der Waals surface area contributed by atoms with Crippen molar-refractivity contribution in [3.05, 3.63) is 28.0 Å². The minimum Gasteiger partial charge on any atom is -0.309 e. The van der Waals surface area contributed by atoms with Crippen molar-refractivity contribution in [1.29, 1.82) is 0 Å². The van der Waals surface area contributed by atoms with Crippen LogP contribution in [-0.2, 0) is 0 Å². The van der Waals surface area contributed by atoms with Crippen molar-refractivity contribution in [2.45, 2.75) is 25.8 Å². The summed E-state index contributed by atoms with van der Waals surface area (Å²) in [7, 11) is 0. The van der Waals surface area contributed by atoms with Crippen molar-refractivity contribution in [2.24, 2.45) is 0 Å². The van der Waals surface area contributed by atoms with Gasteiger partial charge in [-0.2, -0.15) is 0 Å². The number of hydrogen-bond donors (Lipinski definition) is 1. The zero-order chi connectivity index (χ0) is 9.26. The summed E-state index contributed by atoms with van der Waals surface area (Å²) in [5.74, 6) is 0. The predicted octanol–water partition coefficient (Wildman–Crippen LogP) is 2.58. The van der Waals surface area contributed by atoms with E-state index in [4.69, 9.17) is 0 Å². The Morgan fingerprint density at radius 1 is 1.54 bits per heavy atom. The SMILES string of the molecule is Cc1nc([C@@H]2CCCN2)ccc1Br. The number of aromatic nitrogens is 1. The molecule has 13 heavy (non-hydrogen) atoms. The molecule has 0 bridgehead atoms. The lowest BCUT2D eigenvalue weighted by atomic mass is 10.1. The van der Waals surface area contributed by atoms with Crippen molar-refractivity contribution in [3.63, 3.8) is 0 Å². The van der Waals surface area contributed by atoms with Crippen LogP contribution in [0.4, 0.5) is 0 Å². The smallest absolute Gasteiger partial charge is 0.0577 e. The fraction of sp³-hybridized carbons (Fsp3) is 0.500. The quantitative estimate of drug-likeness (QED) is 0.817. The number of nitrogens with one attached hydrogen (secondary N) is 1. The molecule has 2 rings (SSSR count). The summed E-state index contributed by atoms with van der Waals surface area (Å²) in [4.78, 5) is 4.55. The lowest BCUT2D eigenvalue weighted by Crippen LogP contribution is -2.14. The third-order valence-corrected chi connectivity index (χ3v) is 3.30. The Hall–Kier alpha value is -0.410. The molecule has 70 valence electrons.